The molecule has 0 spiro atoms. The Morgan fingerprint density at radius 2 is 0.616 bits per heavy atom. The number of hydrogen-bond acceptors (Lipinski definition) is 25. The molecule has 0 saturated carbocycles. The van der Waals surface area contributed by atoms with Gasteiger partial charge in [0.2, 0.25) is 23.1 Å². The molecule has 26 heteroatoms. The molecule has 0 bridgehead atoms. The largest absolute Gasteiger partial charge is 0.508 e. The van der Waals surface area contributed by atoms with Crippen molar-refractivity contribution >= 4 is 159 Å². The smallest absolute Gasteiger partial charge is 0.297 e. The molecule has 0 aliphatic rings. The van der Waals surface area contributed by atoms with Crippen molar-refractivity contribution in [3.8, 4) is 74.7 Å². The zero-order chi connectivity index (χ0) is 87.9. The molecule has 0 radical (unpaired) electrons. The number of fused-ring (bicyclic) bond motifs is 4. The van der Waals surface area contributed by atoms with Gasteiger partial charge in [0.15, 0.2) is 23.0 Å². The molecule has 12 aromatic carbocycles. The average Bonchev–Trinajstić information content (AvgIpc) is 1.65. The second-order valence-corrected chi connectivity index (χ2v) is 31.0. The highest BCUT2D eigenvalue weighted by Gasteiger charge is 2.28. The van der Waals surface area contributed by atoms with Crippen LogP contribution in [0.4, 0.5) is 4.39 Å². The first kappa shape index (κ1) is 87.0. The molecule has 0 saturated heterocycles. The summed E-state index contributed by atoms with van der Waals surface area (Å²) in [5.74, 6) is 3.11. The van der Waals surface area contributed by atoms with Gasteiger partial charge in [-0.1, -0.05) is 110 Å². The number of aromatic hydroxyl groups is 5. The number of carbonyl (C=O) groups excluding carboxylic acids is 8. The van der Waals surface area contributed by atoms with Gasteiger partial charge < -0.3 is 63.4 Å². The van der Waals surface area contributed by atoms with E-state index < -0.39 is 5.82 Å². The molecular weight excluding hydrogens is 1670 g/mol. The summed E-state index contributed by atoms with van der Waals surface area (Å²) in [7, 11) is 0. The minimum absolute atomic E-state index is 0.0713. The maximum atomic E-state index is 13.5. The van der Waals surface area contributed by atoms with Crippen LogP contribution in [-0.4, -0.2) is 74.6 Å². The summed E-state index contributed by atoms with van der Waals surface area (Å²) in [6, 6.07) is 74.4. The molecule has 0 aliphatic carbocycles. The van der Waals surface area contributed by atoms with Crippen molar-refractivity contribution in [1.29, 1.82) is 0 Å². The third kappa shape index (κ3) is 21.8. The Hall–Kier alpha value is -15.9. The molecule has 622 valence electrons. The van der Waals surface area contributed by atoms with E-state index >= 15 is 0 Å². The van der Waals surface area contributed by atoms with E-state index in [0.717, 1.165) is 54.4 Å². The molecule has 16 aromatic rings. The molecule has 21 nitrogen and oxygen atoms in total. The summed E-state index contributed by atoms with van der Waals surface area (Å²) < 4.78 is 59.2. The number of carbonyl (C=O) groups is 8. The van der Waals surface area contributed by atoms with Crippen molar-refractivity contribution in [1.82, 2.24) is 0 Å². The van der Waals surface area contributed by atoms with Crippen LogP contribution in [-0.2, 0) is 44.5 Å². The molecule has 5 N–H and O–H groups in total. The summed E-state index contributed by atoms with van der Waals surface area (Å²) in [6.07, 6.45) is 12.4. The van der Waals surface area contributed by atoms with Gasteiger partial charge in [-0.3, -0.25) is 38.4 Å². The lowest BCUT2D eigenvalue weighted by molar-refractivity contribution is -0.124. The van der Waals surface area contributed by atoms with E-state index in [1.54, 1.807) is 201 Å². The number of hydrogen-bond donors (Lipinski definition) is 5. The van der Waals surface area contributed by atoms with E-state index in [2.05, 4.69) is 18.9 Å². The number of benzene rings is 12. The molecule has 4 heterocycles. The van der Waals surface area contributed by atoms with E-state index in [0.29, 0.717) is 139 Å². The highest BCUT2D eigenvalue weighted by molar-refractivity contribution is 7.22. The average molecular weight is 1740 g/mol. The summed E-state index contributed by atoms with van der Waals surface area (Å²) in [6.45, 7) is 5.05. The van der Waals surface area contributed by atoms with Crippen LogP contribution in [0.25, 0.3) is 64.6 Å². The number of phenols is 5. The Morgan fingerprint density at radius 3 is 0.936 bits per heavy atom. The van der Waals surface area contributed by atoms with Gasteiger partial charge in [0, 0.05) is 62.6 Å². The second kappa shape index (κ2) is 41.4. The molecule has 0 unspecified atom stereocenters. The summed E-state index contributed by atoms with van der Waals surface area (Å²) in [5.41, 5.74) is 6.73. The van der Waals surface area contributed by atoms with Crippen molar-refractivity contribution in [2.75, 3.05) is 0 Å². The van der Waals surface area contributed by atoms with Crippen molar-refractivity contribution < 1.29 is 106 Å². The molecule has 4 aromatic heterocycles. The number of rotatable bonds is 29. The van der Waals surface area contributed by atoms with Gasteiger partial charge in [0.25, 0.3) is 25.9 Å². The second-order valence-electron chi connectivity index (χ2n) is 26.8. The van der Waals surface area contributed by atoms with Crippen molar-refractivity contribution in [2.45, 2.75) is 20.3 Å². The number of aryl methyl sites for hydroxylation is 2. The molecule has 0 aliphatic heterocycles. The predicted molar refractivity (Wildman–Crippen MR) is 480 cm³/mol. The minimum Gasteiger partial charge on any atom is -0.508 e. The number of phenolic OH excluding ortho intramolecular Hbond substituents is 5. The first-order valence-corrected chi connectivity index (χ1v) is 41.1. The molecule has 0 atom stereocenters. The van der Waals surface area contributed by atoms with E-state index in [-0.39, 0.29) is 51.9 Å². The van der Waals surface area contributed by atoms with Crippen molar-refractivity contribution in [3.05, 3.63) is 373 Å². The van der Waals surface area contributed by atoms with Gasteiger partial charge in [0.05, 0.1) is 25.0 Å². The summed E-state index contributed by atoms with van der Waals surface area (Å²) >= 11 is 5.01. The lowest BCUT2D eigenvalue weighted by Gasteiger charge is -2.10. The van der Waals surface area contributed by atoms with Crippen LogP contribution in [0.2, 0.25) is 0 Å². The Balaban J connectivity index is 0.000000143. The number of halogens is 1. The van der Waals surface area contributed by atoms with Crippen LogP contribution >= 0.6 is 45.3 Å². The Labute approximate surface area is 728 Å². The number of ether oxygens (including phenoxy) is 8. The Kier molecular flexibility index (Phi) is 28.8. The van der Waals surface area contributed by atoms with Crippen LogP contribution in [0.3, 0.4) is 0 Å². The topological polar surface area (TPSA) is 312 Å². The standard InChI is InChI=1S/C26H20O5S.C25H17FO5S.C24H16O6S.C24H16O5S/c1-2-18-5-3-4-6-21(18)24(29)26-25(22-12-9-19(28)15-23(22)32-26)31-20-10-7-17(8-11-20)13-14-30-16-27;1-15-12-17(26)4-8-20(15)23(29)25-24(21-9-5-18(28)13-22(21)32-25)31-19-6-2-16(3-7-19)10-11-30-14-27;25-14-29-12-11-15-1-8-19(9-2-15)30-23-20-10-7-18(27)13-21(20)31-24(23)22(28)16-3-5-17(26)6-4-16;25-15-28-13-12-16-6-9-19(10-7-16)29-23-20-11-8-18(26)14-21(20)30-24(23)22(27)17-4-2-1-3-5-17/h3-16,28H,2H2,1H3;2-14,28H,1H3;1-14,26-27H;1-15,26H/b14-13+;11-10+;12-11+;13-12+. The van der Waals surface area contributed by atoms with Crippen LogP contribution in [0.5, 0.6) is 74.7 Å². The van der Waals surface area contributed by atoms with Crippen LogP contribution < -0.4 is 18.9 Å². The normalized spacial score (nSPS) is 11.0. The fourth-order valence-electron chi connectivity index (χ4n) is 12.5. The van der Waals surface area contributed by atoms with Gasteiger partial charge in [-0.2, -0.15) is 0 Å². The molecular formula is C99H69FO21S4. The Morgan fingerprint density at radius 1 is 0.320 bits per heavy atom. The van der Waals surface area contributed by atoms with Crippen LogP contribution in [0.15, 0.2) is 292 Å². The minimum atomic E-state index is -0.413. The van der Waals surface area contributed by atoms with Gasteiger partial charge in [-0.15, -0.1) is 45.3 Å². The summed E-state index contributed by atoms with van der Waals surface area (Å²) in [5, 5.41) is 51.9. The lowest BCUT2D eigenvalue weighted by atomic mass is 10.0. The van der Waals surface area contributed by atoms with E-state index in [1.165, 1.54) is 113 Å². The lowest BCUT2D eigenvalue weighted by Crippen LogP contribution is -2.04. The SMILES string of the molecule is CCc1ccccc1C(=O)c1sc2cc(O)ccc2c1Oc1ccc(/C=C/OC=O)cc1.Cc1cc(F)ccc1C(=O)c1sc2cc(O)ccc2c1Oc1ccc(/C=C/OC=O)cc1.O=CO/C=C/c1ccc(Oc2c(C(=O)c3ccc(O)cc3)sc3cc(O)ccc23)cc1.O=CO/C=C/c1ccc(Oc2c(C(=O)c3ccccc3)sc3cc(O)ccc23)cc1. The Bertz CT molecular complexity index is 6760. The quantitative estimate of drug-likeness (QED) is 0.0126. The zero-order valence-electron chi connectivity index (χ0n) is 65.8. The molecule has 0 amide bonds. The first-order chi connectivity index (χ1) is 60.8. The third-order valence-corrected chi connectivity index (χ3v) is 23.1. The fourth-order valence-corrected chi connectivity index (χ4v) is 17.0. The molecule has 125 heavy (non-hydrogen) atoms. The third-order valence-electron chi connectivity index (χ3n) is 18.6. The highest BCUT2D eigenvalue weighted by atomic mass is 32.1. The van der Waals surface area contributed by atoms with E-state index in [4.69, 9.17) is 18.9 Å². The maximum Gasteiger partial charge on any atom is 0.297 e. The fraction of sp³-hybridized carbons (Fsp3) is 0.0303. The highest BCUT2D eigenvalue weighted by Crippen LogP contribution is 2.48. The van der Waals surface area contributed by atoms with E-state index in [9.17, 15) is 68.3 Å². The maximum absolute atomic E-state index is 13.5. The van der Waals surface area contributed by atoms with Crippen LogP contribution in [0.1, 0.15) is 101 Å². The van der Waals surface area contributed by atoms with Crippen molar-refractivity contribution in [3.63, 3.8) is 0 Å². The zero-order valence-corrected chi connectivity index (χ0v) is 69.1. The van der Waals surface area contributed by atoms with Gasteiger partial charge in [-0.25, -0.2) is 4.39 Å². The first-order valence-electron chi connectivity index (χ1n) is 37.8. The van der Waals surface area contributed by atoms with Gasteiger partial charge >= 0.3 is 0 Å². The molecule has 0 fully saturated rings. The molecule has 16 rings (SSSR count). The number of thiophene rings is 4. The van der Waals surface area contributed by atoms with Crippen LogP contribution in [0, 0.1) is 12.7 Å². The predicted octanol–water partition coefficient (Wildman–Crippen LogP) is 23.8. The van der Waals surface area contributed by atoms with Crippen molar-refractivity contribution in [2.24, 2.45) is 0 Å². The van der Waals surface area contributed by atoms with Gasteiger partial charge in [0.1, 0.15) is 77.1 Å². The monoisotopic (exact) mass is 1740 g/mol. The number of ketones is 4. The summed E-state index contributed by atoms with van der Waals surface area (Å²) in [4.78, 5) is 95.7. The van der Waals surface area contributed by atoms with E-state index in [1.807, 2.05) is 61.5 Å². The van der Waals surface area contributed by atoms with Gasteiger partial charge in [-0.05, 0) is 235 Å².